The largest absolute Gasteiger partial charge is 0.481 e. The van der Waals surface area contributed by atoms with Crippen LogP contribution < -0.4 is 5.32 Å². The number of hydrogen-bond acceptors (Lipinski definition) is 2. The fourth-order valence-corrected chi connectivity index (χ4v) is 3.22. The van der Waals surface area contributed by atoms with Crippen molar-refractivity contribution in [3.05, 3.63) is 29.3 Å². The van der Waals surface area contributed by atoms with Crippen molar-refractivity contribution < 1.29 is 14.7 Å². The summed E-state index contributed by atoms with van der Waals surface area (Å²) >= 11 is 0. The van der Waals surface area contributed by atoms with Gasteiger partial charge in [-0.2, -0.15) is 0 Å². The van der Waals surface area contributed by atoms with Crippen LogP contribution in [-0.2, 0) is 22.4 Å². The highest BCUT2D eigenvalue weighted by molar-refractivity contribution is 5.92. The Labute approximate surface area is 131 Å². The lowest BCUT2D eigenvalue weighted by atomic mass is 9.81. The van der Waals surface area contributed by atoms with E-state index in [-0.39, 0.29) is 17.7 Å². The van der Waals surface area contributed by atoms with Gasteiger partial charge in [-0.15, -0.1) is 0 Å². The molecule has 1 fully saturated rings. The minimum Gasteiger partial charge on any atom is -0.481 e. The highest BCUT2D eigenvalue weighted by Gasteiger charge is 2.29. The molecule has 0 unspecified atom stereocenters. The standard InChI is InChI=1S/C18H25NO3/c1-3-12-9-10-16(11-13(12)4-2)19-17(20)14-5-7-15(8-6-14)18(21)22/h9-11,14-15H,3-8H2,1-2H3,(H,19,20)(H,21,22). The molecule has 4 heteroatoms. The van der Waals surface area contributed by atoms with E-state index in [1.807, 2.05) is 6.07 Å². The predicted molar refractivity (Wildman–Crippen MR) is 86.9 cm³/mol. The molecule has 0 atom stereocenters. The van der Waals surface area contributed by atoms with Crippen LogP contribution in [0.4, 0.5) is 5.69 Å². The van der Waals surface area contributed by atoms with Crippen LogP contribution in [0.3, 0.4) is 0 Å². The number of carbonyl (C=O) groups excluding carboxylic acids is 1. The third kappa shape index (κ3) is 3.87. The zero-order chi connectivity index (χ0) is 16.1. The molecule has 0 spiro atoms. The Morgan fingerprint density at radius 2 is 1.64 bits per heavy atom. The van der Waals surface area contributed by atoms with Gasteiger partial charge in [0.1, 0.15) is 0 Å². The predicted octanol–water partition coefficient (Wildman–Crippen LogP) is 3.64. The van der Waals surface area contributed by atoms with Crippen molar-refractivity contribution in [2.24, 2.45) is 11.8 Å². The smallest absolute Gasteiger partial charge is 0.306 e. The average molecular weight is 303 g/mol. The third-order valence-electron chi connectivity index (χ3n) is 4.68. The number of anilines is 1. The van der Waals surface area contributed by atoms with Crippen LogP contribution in [0.2, 0.25) is 0 Å². The van der Waals surface area contributed by atoms with E-state index in [0.717, 1.165) is 18.5 Å². The summed E-state index contributed by atoms with van der Waals surface area (Å²) in [6.07, 6.45) is 4.48. The zero-order valence-corrected chi connectivity index (χ0v) is 13.4. The van der Waals surface area contributed by atoms with Crippen molar-refractivity contribution in [1.29, 1.82) is 0 Å². The number of rotatable bonds is 5. The number of carbonyl (C=O) groups is 2. The topological polar surface area (TPSA) is 66.4 Å². The van der Waals surface area contributed by atoms with Gasteiger partial charge in [0.05, 0.1) is 5.92 Å². The van der Waals surface area contributed by atoms with Crippen molar-refractivity contribution in [3.8, 4) is 0 Å². The highest BCUT2D eigenvalue weighted by Crippen LogP contribution is 2.30. The Kier molecular flexibility index (Phi) is 5.58. The maximum absolute atomic E-state index is 12.3. The van der Waals surface area contributed by atoms with Crippen LogP contribution in [0.1, 0.15) is 50.7 Å². The van der Waals surface area contributed by atoms with E-state index in [2.05, 4.69) is 31.3 Å². The van der Waals surface area contributed by atoms with Crippen LogP contribution in [0.15, 0.2) is 18.2 Å². The van der Waals surface area contributed by atoms with Crippen molar-refractivity contribution in [3.63, 3.8) is 0 Å². The molecule has 0 aromatic heterocycles. The van der Waals surface area contributed by atoms with Crippen LogP contribution >= 0.6 is 0 Å². The van der Waals surface area contributed by atoms with Crippen molar-refractivity contribution in [2.45, 2.75) is 52.4 Å². The first-order valence-corrected chi connectivity index (χ1v) is 8.20. The lowest BCUT2D eigenvalue weighted by Crippen LogP contribution is -2.29. The molecule has 4 nitrogen and oxygen atoms in total. The van der Waals surface area contributed by atoms with Crippen LogP contribution in [0.25, 0.3) is 0 Å². The number of carboxylic acids is 1. The van der Waals surface area contributed by atoms with E-state index in [1.54, 1.807) is 0 Å². The van der Waals surface area contributed by atoms with E-state index in [4.69, 9.17) is 5.11 Å². The summed E-state index contributed by atoms with van der Waals surface area (Å²) in [4.78, 5) is 23.3. The monoisotopic (exact) mass is 303 g/mol. The van der Waals surface area contributed by atoms with Gasteiger partial charge in [0.15, 0.2) is 0 Å². The quantitative estimate of drug-likeness (QED) is 0.872. The molecule has 1 amide bonds. The van der Waals surface area contributed by atoms with Gasteiger partial charge in [-0.1, -0.05) is 19.9 Å². The maximum Gasteiger partial charge on any atom is 0.306 e. The minimum absolute atomic E-state index is 0.0233. The summed E-state index contributed by atoms with van der Waals surface area (Å²) in [5.74, 6) is -1.05. The summed E-state index contributed by atoms with van der Waals surface area (Å²) < 4.78 is 0. The number of benzene rings is 1. The van der Waals surface area contributed by atoms with Gasteiger partial charge in [-0.05, 0) is 61.8 Å². The molecule has 0 radical (unpaired) electrons. The van der Waals surface area contributed by atoms with E-state index >= 15 is 0 Å². The number of aryl methyl sites for hydroxylation is 2. The van der Waals surface area contributed by atoms with E-state index in [1.165, 1.54) is 11.1 Å². The van der Waals surface area contributed by atoms with Crippen molar-refractivity contribution >= 4 is 17.6 Å². The number of nitrogens with one attached hydrogen (secondary N) is 1. The number of hydrogen-bond donors (Lipinski definition) is 2. The molecule has 2 N–H and O–H groups in total. The SMILES string of the molecule is CCc1ccc(NC(=O)C2CCC(C(=O)O)CC2)cc1CC. The molecule has 1 aliphatic rings. The summed E-state index contributed by atoms with van der Waals surface area (Å²) in [5.41, 5.74) is 3.44. The summed E-state index contributed by atoms with van der Waals surface area (Å²) in [5, 5.41) is 12.0. The molecule has 0 saturated heterocycles. The Balaban J connectivity index is 1.96. The molecule has 22 heavy (non-hydrogen) atoms. The summed E-state index contributed by atoms with van der Waals surface area (Å²) in [7, 11) is 0. The number of carboxylic acid groups (broad SMARTS) is 1. The van der Waals surface area contributed by atoms with Crippen molar-refractivity contribution in [1.82, 2.24) is 0 Å². The van der Waals surface area contributed by atoms with Gasteiger partial charge < -0.3 is 10.4 Å². The molecule has 1 aliphatic carbocycles. The second kappa shape index (κ2) is 7.43. The first-order valence-electron chi connectivity index (χ1n) is 8.20. The number of aliphatic carboxylic acids is 1. The second-order valence-corrected chi connectivity index (χ2v) is 6.07. The normalized spacial score (nSPS) is 21.4. The molecule has 1 saturated carbocycles. The second-order valence-electron chi connectivity index (χ2n) is 6.07. The third-order valence-corrected chi connectivity index (χ3v) is 4.68. The van der Waals surface area contributed by atoms with Crippen molar-refractivity contribution in [2.75, 3.05) is 5.32 Å². The van der Waals surface area contributed by atoms with Crippen LogP contribution in [0.5, 0.6) is 0 Å². The van der Waals surface area contributed by atoms with Crippen LogP contribution in [-0.4, -0.2) is 17.0 Å². The highest BCUT2D eigenvalue weighted by atomic mass is 16.4. The molecule has 0 bridgehead atoms. The molecule has 0 heterocycles. The Bertz CT molecular complexity index is 545. The molecule has 0 aliphatic heterocycles. The first kappa shape index (κ1) is 16.5. The fraction of sp³-hybridized carbons (Fsp3) is 0.556. The lowest BCUT2D eigenvalue weighted by Gasteiger charge is -2.25. The van der Waals surface area contributed by atoms with Crippen LogP contribution in [0, 0.1) is 11.8 Å². The molecular formula is C18H25NO3. The molecule has 2 rings (SSSR count). The van der Waals surface area contributed by atoms with E-state index < -0.39 is 5.97 Å². The summed E-state index contributed by atoms with van der Waals surface area (Å²) in [6.45, 7) is 4.25. The van der Waals surface area contributed by atoms with Gasteiger partial charge in [0, 0.05) is 11.6 Å². The van der Waals surface area contributed by atoms with Gasteiger partial charge in [-0.25, -0.2) is 0 Å². The van der Waals surface area contributed by atoms with Gasteiger partial charge in [0.2, 0.25) is 5.91 Å². The average Bonchev–Trinajstić information content (AvgIpc) is 2.54. The van der Waals surface area contributed by atoms with Gasteiger partial charge in [0.25, 0.3) is 0 Å². The molecule has 1 aromatic carbocycles. The van der Waals surface area contributed by atoms with E-state index in [0.29, 0.717) is 25.7 Å². The fourth-order valence-electron chi connectivity index (χ4n) is 3.22. The summed E-state index contributed by atoms with van der Waals surface area (Å²) in [6, 6.07) is 6.09. The van der Waals surface area contributed by atoms with Gasteiger partial charge in [-0.3, -0.25) is 9.59 Å². The first-order chi connectivity index (χ1) is 10.5. The molecule has 1 aromatic rings. The maximum atomic E-state index is 12.3. The van der Waals surface area contributed by atoms with E-state index in [9.17, 15) is 9.59 Å². The molecule has 120 valence electrons. The van der Waals surface area contributed by atoms with Gasteiger partial charge >= 0.3 is 5.97 Å². The lowest BCUT2D eigenvalue weighted by molar-refractivity contribution is -0.143. The molecular weight excluding hydrogens is 278 g/mol. The zero-order valence-electron chi connectivity index (χ0n) is 13.4. The minimum atomic E-state index is -0.735. The number of amides is 1. The Hall–Kier alpha value is -1.84. The Morgan fingerprint density at radius 3 is 2.18 bits per heavy atom. The Morgan fingerprint density at radius 1 is 1.05 bits per heavy atom.